The Hall–Kier alpha value is -1.06. The van der Waals surface area contributed by atoms with Crippen LogP contribution >= 0.6 is 0 Å². The molecule has 0 aliphatic carbocycles. The van der Waals surface area contributed by atoms with E-state index in [1.165, 1.54) is 46.3 Å². The highest BCUT2D eigenvalue weighted by atomic mass is 16.5. The van der Waals surface area contributed by atoms with Gasteiger partial charge in [-0.05, 0) is 19.8 Å². The van der Waals surface area contributed by atoms with Crippen molar-refractivity contribution in [2.75, 3.05) is 14.2 Å². The van der Waals surface area contributed by atoms with Crippen LogP contribution in [-0.4, -0.2) is 26.2 Å². The molecule has 0 saturated heterocycles. The molecule has 0 fully saturated rings. The van der Waals surface area contributed by atoms with Crippen molar-refractivity contribution in [1.82, 2.24) is 0 Å². The van der Waals surface area contributed by atoms with Gasteiger partial charge in [-0.25, -0.2) is 0 Å². The quantitative estimate of drug-likeness (QED) is 0.393. The SMILES string of the molecule is CCCCCCCCCC(C)(C[C@H](C)C(=O)OC)C(=O)OC. The average Bonchev–Trinajstić information content (AvgIpc) is 2.52. The Morgan fingerprint density at radius 3 is 2.00 bits per heavy atom. The molecular weight excluding hydrogens is 280 g/mol. The molecule has 130 valence electrons. The number of methoxy groups -OCH3 is 2. The van der Waals surface area contributed by atoms with E-state index in [1.807, 2.05) is 6.92 Å². The zero-order valence-corrected chi connectivity index (χ0v) is 15.1. The van der Waals surface area contributed by atoms with Crippen molar-refractivity contribution in [2.45, 2.75) is 78.6 Å². The van der Waals surface area contributed by atoms with Gasteiger partial charge >= 0.3 is 11.9 Å². The normalized spacial score (nSPS) is 15.0. The number of hydrogen-bond donors (Lipinski definition) is 0. The van der Waals surface area contributed by atoms with Crippen LogP contribution < -0.4 is 0 Å². The molecule has 0 saturated carbocycles. The molecule has 22 heavy (non-hydrogen) atoms. The molecule has 0 aliphatic heterocycles. The zero-order chi connectivity index (χ0) is 17.0. The highest BCUT2D eigenvalue weighted by Gasteiger charge is 2.37. The van der Waals surface area contributed by atoms with Gasteiger partial charge in [0.05, 0.1) is 25.6 Å². The molecule has 0 aromatic carbocycles. The van der Waals surface area contributed by atoms with Gasteiger partial charge in [-0.3, -0.25) is 9.59 Å². The van der Waals surface area contributed by atoms with Gasteiger partial charge in [-0.1, -0.05) is 58.8 Å². The van der Waals surface area contributed by atoms with E-state index in [0.717, 1.165) is 19.3 Å². The minimum atomic E-state index is -0.605. The van der Waals surface area contributed by atoms with Gasteiger partial charge in [0.15, 0.2) is 0 Å². The maximum absolute atomic E-state index is 12.1. The Morgan fingerprint density at radius 2 is 1.50 bits per heavy atom. The predicted molar refractivity (Wildman–Crippen MR) is 88.5 cm³/mol. The van der Waals surface area contributed by atoms with E-state index in [4.69, 9.17) is 9.47 Å². The minimum absolute atomic E-state index is 0.228. The molecular formula is C18H34O4. The molecule has 0 bridgehead atoms. The molecule has 4 nitrogen and oxygen atoms in total. The molecule has 0 spiro atoms. The maximum Gasteiger partial charge on any atom is 0.311 e. The van der Waals surface area contributed by atoms with Gasteiger partial charge in [0.1, 0.15) is 0 Å². The van der Waals surface area contributed by atoms with Crippen molar-refractivity contribution in [1.29, 1.82) is 0 Å². The summed E-state index contributed by atoms with van der Waals surface area (Å²) in [6, 6.07) is 0. The molecule has 4 heteroatoms. The number of esters is 2. The third-order valence-corrected chi connectivity index (χ3v) is 4.37. The van der Waals surface area contributed by atoms with E-state index in [2.05, 4.69) is 6.92 Å². The summed E-state index contributed by atoms with van der Waals surface area (Å²) < 4.78 is 9.71. The van der Waals surface area contributed by atoms with Crippen molar-refractivity contribution < 1.29 is 19.1 Å². The van der Waals surface area contributed by atoms with Crippen LogP contribution in [0.5, 0.6) is 0 Å². The van der Waals surface area contributed by atoms with Crippen molar-refractivity contribution in [3.05, 3.63) is 0 Å². The molecule has 1 unspecified atom stereocenters. The predicted octanol–water partition coefficient (Wildman–Crippen LogP) is 4.51. The Labute approximate surface area is 135 Å². The van der Waals surface area contributed by atoms with Crippen molar-refractivity contribution in [3.63, 3.8) is 0 Å². The number of ether oxygens (including phenoxy) is 2. The summed E-state index contributed by atoms with van der Waals surface area (Å²) in [5.41, 5.74) is -0.605. The first-order valence-corrected chi connectivity index (χ1v) is 8.57. The molecule has 0 rings (SSSR count). The third-order valence-electron chi connectivity index (χ3n) is 4.37. The second kappa shape index (κ2) is 11.5. The van der Waals surface area contributed by atoms with E-state index in [-0.39, 0.29) is 17.9 Å². The summed E-state index contributed by atoms with van der Waals surface area (Å²) in [4.78, 5) is 23.7. The Kier molecular flexibility index (Phi) is 10.9. The van der Waals surface area contributed by atoms with Gasteiger partial charge in [0.25, 0.3) is 0 Å². The van der Waals surface area contributed by atoms with E-state index in [9.17, 15) is 9.59 Å². The Balaban J connectivity index is 4.33. The van der Waals surface area contributed by atoms with Crippen LogP contribution in [0.4, 0.5) is 0 Å². The summed E-state index contributed by atoms with van der Waals surface area (Å²) in [5.74, 6) is -0.789. The van der Waals surface area contributed by atoms with Gasteiger partial charge in [-0.15, -0.1) is 0 Å². The van der Waals surface area contributed by atoms with Gasteiger partial charge in [-0.2, -0.15) is 0 Å². The first-order valence-electron chi connectivity index (χ1n) is 8.57. The summed E-state index contributed by atoms with van der Waals surface area (Å²) in [6.45, 7) is 5.91. The fourth-order valence-corrected chi connectivity index (χ4v) is 2.97. The lowest BCUT2D eigenvalue weighted by Crippen LogP contribution is -2.33. The summed E-state index contributed by atoms with van der Waals surface area (Å²) >= 11 is 0. The first kappa shape index (κ1) is 20.9. The molecule has 0 heterocycles. The number of carbonyl (C=O) groups excluding carboxylic acids is 2. The lowest BCUT2D eigenvalue weighted by molar-refractivity contribution is -0.155. The smallest absolute Gasteiger partial charge is 0.311 e. The van der Waals surface area contributed by atoms with Crippen LogP contribution in [-0.2, 0) is 19.1 Å². The average molecular weight is 314 g/mol. The summed E-state index contributed by atoms with van der Waals surface area (Å²) in [5, 5.41) is 0. The van der Waals surface area contributed by atoms with Crippen molar-refractivity contribution in [2.24, 2.45) is 11.3 Å². The second-order valence-corrected chi connectivity index (χ2v) is 6.55. The van der Waals surface area contributed by atoms with E-state index < -0.39 is 5.41 Å². The number of unbranched alkanes of at least 4 members (excludes halogenated alkanes) is 6. The summed E-state index contributed by atoms with van der Waals surface area (Å²) in [7, 11) is 2.79. The Bertz CT molecular complexity index is 327. The van der Waals surface area contributed by atoms with Gasteiger partial charge in [0.2, 0.25) is 0 Å². The number of carbonyl (C=O) groups is 2. The van der Waals surface area contributed by atoms with E-state index in [1.54, 1.807) is 6.92 Å². The fourth-order valence-electron chi connectivity index (χ4n) is 2.97. The molecule has 0 aromatic rings. The number of rotatable bonds is 12. The van der Waals surface area contributed by atoms with Crippen LogP contribution in [0.3, 0.4) is 0 Å². The fraction of sp³-hybridized carbons (Fsp3) is 0.889. The molecule has 0 aliphatic rings. The van der Waals surface area contributed by atoms with Crippen molar-refractivity contribution in [3.8, 4) is 0 Å². The van der Waals surface area contributed by atoms with Crippen LogP contribution in [0, 0.1) is 11.3 Å². The molecule has 0 N–H and O–H groups in total. The molecule has 0 aromatic heterocycles. The van der Waals surface area contributed by atoms with Crippen LogP contribution in [0.25, 0.3) is 0 Å². The summed E-state index contributed by atoms with van der Waals surface area (Å²) in [6.07, 6.45) is 9.68. The maximum atomic E-state index is 12.1. The molecule has 2 atom stereocenters. The topological polar surface area (TPSA) is 52.6 Å². The van der Waals surface area contributed by atoms with E-state index >= 15 is 0 Å². The second-order valence-electron chi connectivity index (χ2n) is 6.55. The largest absolute Gasteiger partial charge is 0.469 e. The number of hydrogen-bond acceptors (Lipinski definition) is 4. The lowest BCUT2D eigenvalue weighted by Gasteiger charge is -2.28. The Morgan fingerprint density at radius 1 is 0.955 bits per heavy atom. The van der Waals surface area contributed by atoms with Crippen LogP contribution in [0.15, 0.2) is 0 Å². The highest BCUT2D eigenvalue weighted by Crippen LogP contribution is 2.34. The lowest BCUT2D eigenvalue weighted by atomic mass is 9.77. The first-order chi connectivity index (χ1) is 10.4. The molecule has 0 radical (unpaired) electrons. The van der Waals surface area contributed by atoms with Gasteiger partial charge < -0.3 is 9.47 Å². The molecule has 0 amide bonds. The third kappa shape index (κ3) is 7.81. The standard InChI is InChI=1S/C18H34O4/c1-6-7-8-9-10-11-12-13-18(3,17(20)22-5)14-15(2)16(19)21-4/h15H,6-14H2,1-5H3/t15-,18?/m0/s1. The zero-order valence-electron chi connectivity index (χ0n) is 15.1. The highest BCUT2D eigenvalue weighted by molar-refractivity contribution is 5.78. The monoisotopic (exact) mass is 314 g/mol. The van der Waals surface area contributed by atoms with Crippen LogP contribution in [0.2, 0.25) is 0 Å². The minimum Gasteiger partial charge on any atom is -0.469 e. The van der Waals surface area contributed by atoms with Crippen molar-refractivity contribution >= 4 is 11.9 Å². The van der Waals surface area contributed by atoms with Gasteiger partial charge in [0, 0.05) is 0 Å². The van der Waals surface area contributed by atoms with E-state index in [0.29, 0.717) is 6.42 Å². The van der Waals surface area contributed by atoms with Crippen LogP contribution in [0.1, 0.15) is 78.6 Å².